The molecule has 162 valence electrons. The highest BCUT2D eigenvalue weighted by molar-refractivity contribution is 6.46. The summed E-state index contributed by atoms with van der Waals surface area (Å²) in [4.78, 5) is 27.1. The van der Waals surface area contributed by atoms with Crippen molar-refractivity contribution in [3.63, 3.8) is 0 Å². The minimum Gasteiger partial charge on any atom is -0.507 e. The molecule has 2 aromatic carbocycles. The number of hydrogen-bond donors (Lipinski definition) is 1. The Labute approximate surface area is 181 Å². The lowest BCUT2D eigenvalue weighted by Crippen LogP contribution is -2.32. The molecule has 0 aromatic heterocycles. The van der Waals surface area contributed by atoms with Crippen LogP contribution in [-0.2, 0) is 14.3 Å². The van der Waals surface area contributed by atoms with E-state index < -0.39 is 17.7 Å². The Bertz CT molecular complexity index is 978. The average Bonchev–Trinajstić information content (AvgIpc) is 3.06. The number of ketones is 1. The fourth-order valence-electron chi connectivity index (χ4n) is 3.45. The van der Waals surface area contributed by atoms with Crippen LogP contribution in [0.25, 0.3) is 5.76 Å². The van der Waals surface area contributed by atoms with Gasteiger partial charge in [0.2, 0.25) is 0 Å². The average molecular weight is 423 g/mol. The van der Waals surface area contributed by atoms with Crippen LogP contribution in [0.3, 0.4) is 0 Å². The maximum absolute atomic E-state index is 12.9. The Morgan fingerprint density at radius 3 is 2.29 bits per heavy atom. The molecule has 0 aliphatic carbocycles. The first-order valence-corrected chi connectivity index (χ1v) is 9.77. The lowest BCUT2D eigenvalue weighted by molar-refractivity contribution is -0.140. The Morgan fingerprint density at radius 1 is 1.06 bits per heavy atom. The summed E-state index contributed by atoms with van der Waals surface area (Å²) in [5.41, 5.74) is 1.13. The van der Waals surface area contributed by atoms with E-state index in [4.69, 9.17) is 14.2 Å². The quantitative estimate of drug-likeness (QED) is 0.288. The van der Waals surface area contributed by atoms with E-state index in [0.29, 0.717) is 29.2 Å². The van der Waals surface area contributed by atoms with Crippen molar-refractivity contribution in [2.75, 3.05) is 34.0 Å². The fraction of sp³-hybridized carbons (Fsp3) is 0.250. The minimum absolute atomic E-state index is 0.0334. The highest BCUT2D eigenvalue weighted by Crippen LogP contribution is 2.39. The first-order chi connectivity index (χ1) is 15.0. The third-order valence-electron chi connectivity index (χ3n) is 5.00. The number of rotatable bonds is 9. The summed E-state index contributed by atoms with van der Waals surface area (Å²) in [7, 11) is 3.06. The summed E-state index contributed by atoms with van der Waals surface area (Å²) in [5, 5.41) is 11.0. The molecule has 1 saturated heterocycles. The largest absolute Gasteiger partial charge is 0.507 e. The summed E-state index contributed by atoms with van der Waals surface area (Å²) >= 11 is 0. The molecule has 7 heteroatoms. The van der Waals surface area contributed by atoms with Crippen LogP contribution < -0.4 is 9.47 Å². The Kier molecular flexibility index (Phi) is 7.10. The van der Waals surface area contributed by atoms with Gasteiger partial charge in [0, 0.05) is 19.2 Å². The number of hydrogen-bond acceptors (Lipinski definition) is 6. The van der Waals surface area contributed by atoms with E-state index in [0.717, 1.165) is 0 Å². The number of Topliss-reactive ketones (excluding diaryl/α,β-unsaturated/α-hetero) is 1. The van der Waals surface area contributed by atoms with Gasteiger partial charge in [0.05, 0.1) is 25.3 Å². The Hall–Kier alpha value is -3.58. The zero-order valence-corrected chi connectivity index (χ0v) is 17.5. The van der Waals surface area contributed by atoms with Gasteiger partial charge in [0.1, 0.15) is 23.9 Å². The molecule has 0 unspecified atom stereocenters. The zero-order valence-electron chi connectivity index (χ0n) is 17.5. The lowest BCUT2D eigenvalue weighted by Gasteiger charge is -2.25. The number of aliphatic hydroxyl groups excluding tert-OH is 1. The molecule has 1 aliphatic heterocycles. The van der Waals surface area contributed by atoms with Crippen molar-refractivity contribution in [3.8, 4) is 11.5 Å². The molecule has 1 atom stereocenters. The first-order valence-electron chi connectivity index (χ1n) is 9.77. The number of ether oxygens (including phenoxy) is 3. The second kappa shape index (κ2) is 9.95. The van der Waals surface area contributed by atoms with E-state index in [9.17, 15) is 14.7 Å². The number of benzene rings is 2. The second-order valence-corrected chi connectivity index (χ2v) is 6.88. The number of aliphatic hydroxyl groups is 1. The molecule has 1 fully saturated rings. The Morgan fingerprint density at radius 2 is 1.71 bits per heavy atom. The highest BCUT2D eigenvalue weighted by atomic mass is 16.5. The Balaban J connectivity index is 2.06. The van der Waals surface area contributed by atoms with Gasteiger partial charge in [-0.3, -0.25) is 9.59 Å². The number of likely N-dealkylation sites (tertiary alicyclic amines) is 1. The maximum Gasteiger partial charge on any atom is 0.295 e. The molecule has 0 radical (unpaired) electrons. The van der Waals surface area contributed by atoms with Gasteiger partial charge in [-0.15, -0.1) is 0 Å². The first kappa shape index (κ1) is 22.1. The predicted octanol–water partition coefficient (Wildman–Crippen LogP) is 3.33. The third kappa shape index (κ3) is 4.62. The van der Waals surface area contributed by atoms with Crippen molar-refractivity contribution >= 4 is 17.4 Å². The van der Waals surface area contributed by atoms with E-state index >= 15 is 0 Å². The van der Waals surface area contributed by atoms with E-state index in [1.165, 1.54) is 12.0 Å². The summed E-state index contributed by atoms with van der Waals surface area (Å²) < 4.78 is 15.8. The number of carbonyl (C=O) groups is 2. The fourth-order valence-corrected chi connectivity index (χ4v) is 3.45. The van der Waals surface area contributed by atoms with Gasteiger partial charge >= 0.3 is 0 Å². The van der Waals surface area contributed by atoms with Crippen LogP contribution in [0.1, 0.15) is 17.2 Å². The van der Waals surface area contributed by atoms with Crippen molar-refractivity contribution < 1.29 is 28.9 Å². The van der Waals surface area contributed by atoms with Gasteiger partial charge in [-0.2, -0.15) is 0 Å². The summed E-state index contributed by atoms with van der Waals surface area (Å²) in [6.45, 7) is 4.45. The van der Waals surface area contributed by atoms with E-state index in [1.807, 2.05) is 0 Å². The lowest BCUT2D eigenvalue weighted by atomic mass is 9.95. The van der Waals surface area contributed by atoms with Crippen molar-refractivity contribution in [3.05, 3.63) is 77.9 Å². The van der Waals surface area contributed by atoms with Crippen LogP contribution in [0, 0.1) is 0 Å². The summed E-state index contributed by atoms with van der Waals surface area (Å²) in [6.07, 6.45) is 1.64. The molecule has 1 N–H and O–H groups in total. The summed E-state index contributed by atoms with van der Waals surface area (Å²) in [6, 6.07) is 12.9. The second-order valence-electron chi connectivity index (χ2n) is 6.88. The zero-order chi connectivity index (χ0) is 22.4. The van der Waals surface area contributed by atoms with E-state index in [2.05, 4.69) is 6.58 Å². The molecule has 1 aliphatic rings. The van der Waals surface area contributed by atoms with Crippen LogP contribution in [0.15, 0.2) is 66.8 Å². The topological polar surface area (TPSA) is 85.3 Å². The predicted molar refractivity (Wildman–Crippen MR) is 116 cm³/mol. The van der Waals surface area contributed by atoms with Crippen LogP contribution >= 0.6 is 0 Å². The molecule has 7 nitrogen and oxygen atoms in total. The molecule has 0 saturated carbocycles. The molecule has 3 rings (SSSR count). The highest BCUT2D eigenvalue weighted by Gasteiger charge is 2.45. The van der Waals surface area contributed by atoms with Crippen LogP contribution in [-0.4, -0.2) is 55.7 Å². The SMILES string of the molecule is C=CCOc1ccc([C@@H]2C(=C(O)c3ccc(OC)cc3)C(=O)C(=O)N2CCOC)cc1. The van der Waals surface area contributed by atoms with E-state index in [-0.39, 0.29) is 24.5 Å². The third-order valence-corrected chi connectivity index (χ3v) is 5.00. The van der Waals surface area contributed by atoms with Crippen molar-refractivity contribution in [2.24, 2.45) is 0 Å². The number of amides is 1. The van der Waals surface area contributed by atoms with Crippen molar-refractivity contribution in [1.82, 2.24) is 4.90 Å². The van der Waals surface area contributed by atoms with Gasteiger partial charge in [-0.25, -0.2) is 0 Å². The monoisotopic (exact) mass is 423 g/mol. The van der Waals surface area contributed by atoms with Crippen LogP contribution in [0.5, 0.6) is 11.5 Å². The normalized spacial score (nSPS) is 17.6. The van der Waals surface area contributed by atoms with Crippen molar-refractivity contribution in [2.45, 2.75) is 6.04 Å². The number of methoxy groups -OCH3 is 2. The molecular weight excluding hydrogens is 398 g/mol. The summed E-state index contributed by atoms with van der Waals surface area (Å²) in [5.74, 6) is -0.403. The molecule has 0 spiro atoms. The number of carbonyl (C=O) groups excluding carboxylic acids is 2. The van der Waals surface area contributed by atoms with Gasteiger partial charge in [0.15, 0.2) is 0 Å². The van der Waals surface area contributed by atoms with Gasteiger partial charge in [-0.1, -0.05) is 24.8 Å². The van der Waals surface area contributed by atoms with Gasteiger partial charge in [-0.05, 0) is 42.0 Å². The molecule has 1 amide bonds. The van der Waals surface area contributed by atoms with Gasteiger partial charge < -0.3 is 24.2 Å². The van der Waals surface area contributed by atoms with Gasteiger partial charge in [0.25, 0.3) is 11.7 Å². The van der Waals surface area contributed by atoms with Crippen LogP contribution in [0.4, 0.5) is 0 Å². The standard InChI is InChI=1S/C24H25NO6/c1-4-14-31-19-11-5-16(6-12-19)21-20(23(27)24(28)25(21)13-15-29-2)22(26)17-7-9-18(30-3)10-8-17/h4-12,21,26H,1,13-15H2,2-3H3/t21-/m1/s1. The van der Waals surface area contributed by atoms with Crippen molar-refractivity contribution in [1.29, 1.82) is 0 Å². The number of nitrogens with zero attached hydrogens (tertiary/aromatic N) is 1. The smallest absolute Gasteiger partial charge is 0.295 e. The van der Waals surface area contributed by atoms with E-state index in [1.54, 1.807) is 61.7 Å². The molecule has 2 aromatic rings. The molecule has 1 heterocycles. The molecule has 0 bridgehead atoms. The molecule has 31 heavy (non-hydrogen) atoms. The minimum atomic E-state index is -0.745. The maximum atomic E-state index is 12.9. The van der Waals surface area contributed by atoms with Crippen LogP contribution in [0.2, 0.25) is 0 Å². The molecular formula is C24H25NO6.